The molecule has 2 nitrogen and oxygen atoms in total. The molecule has 0 aliphatic heterocycles. The Kier molecular flexibility index (Phi) is 10.7. The monoisotopic (exact) mass is 252 g/mol. The molecule has 1 atom stereocenters. The Labute approximate surface area is 112 Å². The number of rotatable bonds is 11. The van der Waals surface area contributed by atoms with Gasteiger partial charge in [-0.1, -0.05) is 44.1 Å². The van der Waals surface area contributed by atoms with E-state index in [1.165, 1.54) is 0 Å². The summed E-state index contributed by atoms with van der Waals surface area (Å²) in [6.45, 7) is 4.04. The first-order valence-electron chi connectivity index (χ1n) is 7.10. The molecular formula is C16H28O2. The van der Waals surface area contributed by atoms with Gasteiger partial charge in [0.2, 0.25) is 0 Å². The van der Waals surface area contributed by atoms with E-state index in [-0.39, 0.29) is 0 Å². The minimum absolute atomic E-state index is 0.565. The third-order valence-corrected chi connectivity index (χ3v) is 2.95. The maximum absolute atomic E-state index is 10.1. The smallest absolute Gasteiger partial charge is 0.119 e. The van der Waals surface area contributed by atoms with Crippen LogP contribution >= 0.6 is 0 Å². The lowest BCUT2D eigenvalue weighted by Gasteiger charge is -2.20. The highest BCUT2D eigenvalue weighted by Crippen LogP contribution is 2.18. The topological polar surface area (TPSA) is 37.3 Å². The fourth-order valence-corrected chi connectivity index (χ4v) is 1.72. The summed E-state index contributed by atoms with van der Waals surface area (Å²) < 4.78 is 0. The number of hydrogen-bond acceptors (Lipinski definition) is 2. The quantitative estimate of drug-likeness (QED) is 0.340. The third-order valence-electron chi connectivity index (χ3n) is 2.95. The second-order valence-corrected chi connectivity index (χ2v) is 5.11. The highest BCUT2D eigenvalue weighted by atomic mass is 16.3. The van der Waals surface area contributed by atoms with E-state index in [2.05, 4.69) is 13.0 Å². The molecular weight excluding hydrogens is 224 g/mol. The molecule has 0 aromatic heterocycles. The van der Waals surface area contributed by atoms with Crippen LogP contribution in [0.2, 0.25) is 0 Å². The molecule has 1 unspecified atom stereocenters. The summed E-state index contributed by atoms with van der Waals surface area (Å²) in [5, 5.41) is 10.0. The van der Waals surface area contributed by atoms with Gasteiger partial charge in [-0.3, -0.25) is 0 Å². The van der Waals surface area contributed by atoms with Crippen LogP contribution in [0.15, 0.2) is 24.3 Å². The zero-order valence-electron chi connectivity index (χ0n) is 11.9. The molecule has 0 bridgehead atoms. The van der Waals surface area contributed by atoms with Crippen molar-refractivity contribution in [1.29, 1.82) is 0 Å². The summed E-state index contributed by atoms with van der Waals surface area (Å²) in [5.41, 5.74) is -0.565. The molecule has 0 saturated heterocycles. The molecule has 104 valence electrons. The second-order valence-electron chi connectivity index (χ2n) is 5.11. The van der Waals surface area contributed by atoms with Gasteiger partial charge in [-0.05, 0) is 39.0 Å². The maximum atomic E-state index is 10.1. The number of hydrogen-bond donors (Lipinski definition) is 1. The largest absolute Gasteiger partial charge is 0.390 e. The highest BCUT2D eigenvalue weighted by molar-refractivity contribution is 5.48. The normalized spacial score (nSPS) is 15.3. The van der Waals surface area contributed by atoms with Crippen molar-refractivity contribution in [2.75, 3.05) is 0 Å². The van der Waals surface area contributed by atoms with Gasteiger partial charge in [-0.15, -0.1) is 0 Å². The van der Waals surface area contributed by atoms with Gasteiger partial charge in [0, 0.05) is 6.42 Å². The van der Waals surface area contributed by atoms with E-state index < -0.39 is 5.60 Å². The molecule has 1 N–H and O–H groups in total. The van der Waals surface area contributed by atoms with E-state index in [9.17, 15) is 9.90 Å². The van der Waals surface area contributed by atoms with Crippen molar-refractivity contribution in [2.24, 2.45) is 0 Å². The zero-order chi connectivity index (χ0) is 13.7. The average Bonchev–Trinajstić information content (AvgIpc) is 2.34. The van der Waals surface area contributed by atoms with Crippen molar-refractivity contribution in [3.8, 4) is 0 Å². The number of unbranched alkanes of at least 4 members (excludes halogenated alkanes) is 4. The Bertz CT molecular complexity index is 252. The predicted molar refractivity (Wildman–Crippen MR) is 77.6 cm³/mol. The van der Waals surface area contributed by atoms with E-state index in [4.69, 9.17) is 0 Å². The predicted octanol–water partition coefficient (Wildman–Crippen LogP) is 4.19. The molecule has 0 rings (SSSR count). The molecule has 0 saturated carbocycles. The van der Waals surface area contributed by atoms with Gasteiger partial charge >= 0.3 is 0 Å². The Hall–Kier alpha value is -0.890. The van der Waals surface area contributed by atoms with Crippen molar-refractivity contribution >= 4 is 6.29 Å². The Morgan fingerprint density at radius 2 is 1.72 bits per heavy atom. The third kappa shape index (κ3) is 11.6. The van der Waals surface area contributed by atoms with Crippen molar-refractivity contribution in [1.82, 2.24) is 0 Å². The summed E-state index contributed by atoms with van der Waals surface area (Å²) in [4.78, 5) is 10.1. The number of carbonyl (C=O) groups excluding carboxylic acids is 1. The van der Waals surface area contributed by atoms with Gasteiger partial charge in [0.15, 0.2) is 0 Å². The van der Waals surface area contributed by atoms with Crippen molar-refractivity contribution in [3.05, 3.63) is 24.3 Å². The lowest BCUT2D eigenvalue weighted by atomic mass is 9.95. The molecule has 0 aromatic carbocycles. The summed E-state index contributed by atoms with van der Waals surface area (Å²) in [6.07, 6.45) is 16.6. The summed E-state index contributed by atoms with van der Waals surface area (Å²) in [6, 6.07) is 0. The molecule has 0 heterocycles. The number of carbonyl (C=O) groups is 1. The van der Waals surface area contributed by atoms with Gasteiger partial charge in [-0.2, -0.15) is 0 Å². The van der Waals surface area contributed by atoms with Gasteiger partial charge < -0.3 is 9.90 Å². The molecule has 0 amide bonds. The lowest BCUT2D eigenvalue weighted by Crippen LogP contribution is -2.22. The molecule has 0 spiro atoms. The number of aliphatic hydroxyl groups is 1. The Balaban J connectivity index is 3.62. The lowest BCUT2D eigenvalue weighted by molar-refractivity contribution is -0.107. The first-order chi connectivity index (χ1) is 8.62. The van der Waals surface area contributed by atoms with Gasteiger partial charge in [0.25, 0.3) is 0 Å². The number of aldehydes is 1. The van der Waals surface area contributed by atoms with Crippen LogP contribution in [0.3, 0.4) is 0 Å². The van der Waals surface area contributed by atoms with E-state index in [0.29, 0.717) is 12.8 Å². The molecule has 2 heteroatoms. The standard InChI is InChI=1S/C16H28O2/c1-3-4-13-16(2,18)14-11-9-7-5-6-8-10-12-15-17/h5,7,9,11,15,18H,3-4,6,8,10,12-14H2,1-2H3/b7-5-,11-9+. The van der Waals surface area contributed by atoms with E-state index >= 15 is 0 Å². The van der Waals surface area contributed by atoms with Crippen LogP contribution in [-0.4, -0.2) is 17.0 Å². The molecule has 0 aliphatic carbocycles. The van der Waals surface area contributed by atoms with Crippen molar-refractivity contribution in [3.63, 3.8) is 0 Å². The number of allylic oxidation sites excluding steroid dienone is 3. The molecule has 18 heavy (non-hydrogen) atoms. The summed E-state index contributed by atoms with van der Waals surface area (Å²) >= 11 is 0. The summed E-state index contributed by atoms with van der Waals surface area (Å²) in [5.74, 6) is 0. The average molecular weight is 252 g/mol. The van der Waals surface area contributed by atoms with Crippen molar-refractivity contribution < 1.29 is 9.90 Å². The van der Waals surface area contributed by atoms with Gasteiger partial charge in [0.1, 0.15) is 6.29 Å². The van der Waals surface area contributed by atoms with E-state index in [0.717, 1.165) is 44.8 Å². The van der Waals surface area contributed by atoms with Crippen LogP contribution in [0.1, 0.15) is 65.2 Å². The first kappa shape index (κ1) is 17.1. The van der Waals surface area contributed by atoms with Crippen LogP contribution in [0, 0.1) is 0 Å². The second kappa shape index (κ2) is 11.2. The van der Waals surface area contributed by atoms with Crippen LogP contribution in [0.25, 0.3) is 0 Å². The van der Waals surface area contributed by atoms with Gasteiger partial charge in [-0.25, -0.2) is 0 Å². The van der Waals surface area contributed by atoms with Crippen LogP contribution in [0.5, 0.6) is 0 Å². The first-order valence-corrected chi connectivity index (χ1v) is 7.10. The fourth-order valence-electron chi connectivity index (χ4n) is 1.72. The van der Waals surface area contributed by atoms with Crippen LogP contribution < -0.4 is 0 Å². The molecule has 0 radical (unpaired) electrons. The molecule has 0 fully saturated rings. The van der Waals surface area contributed by atoms with Crippen molar-refractivity contribution in [2.45, 2.75) is 70.8 Å². The minimum atomic E-state index is -0.565. The van der Waals surface area contributed by atoms with E-state index in [1.54, 1.807) is 0 Å². The maximum Gasteiger partial charge on any atom is 0.119 e. The van der Waals surface area contributed by atoms with Gasteiger partial charge in [0.05, 0.1) is 5.60 Å². The van der Waals surface area contributed by atoms with Crippen LogP contribution in [0.4, 0.5) is 0 Å². The summed E-state index contributed by atoms with van der Waals surface area (Å²) in [7, 11) is 0. The van der Waals surface area contributed by atoms with Crippen LogP contribution in [-0.2, 0) is 4.79 Å². The Morgan fingerprint density at radius 1 is 1.06 bits per heavy atom. The zero-order valence-corrected chi connectivity index (χ0v) is 11.9. The van der Waals surface area contributed by atoms with E-state index in [1.807, 2.05) is 25.2 Å². The Morgan fingerprint density at radius 3 is 2.39 bits per heavy atom. The minimum Gasteiger partial charge on any atom is -0.390 e. The molecule has 0 aliphatic rings. The molecule has 0 aromatic rings. The SMILES string of the molecule is CCCCC(C)(O)C/C=C/C=C\CCCCC=O. The highest BCUT2D eigenvalue weighted by Gasteiger charge is 2.16. The fraction of sp³-hybridized carbons (Fsp3) is 0.688.